The van der Waals surface area contributed by atoms with Crippen molar-refractivity contribution in [1.29, 1.82) is 5.26 Å². The molecule has 0 aromatic rings. The van der Waals surface area contributed by atoms with Crippen molar-refractivity contribution in [2.45, 2.75) is 70.3 Å². The summed E-state index contributed by atoms with van der Waals surface area (Å²) in [4.78, 5) is 14.9. The van der Waals surface area contributed by atoms with Crippen molar-refractivity contribution in [2.75, 3.05) is 19.6 Å². The van der Waals surface area contributed by atoms with Crippen LogP contribution in [0.3, 0.4) is 0 Å². The lowest BCUT2D eigenvalue weighted by Gasteiger charge is -2.48. The maximum Gasteiger partial charge on any atom is 0.226 e. The predicted octanol–water partition coefficient (Wildman–Crippen LogP) is 2.84. The summed E-state index contributed by atoms with van der Waals surface area (Å²) in [6.45, 7) is 4.90. The van der Waals surface area contributed by atoms with Gasteiger partial charge in [0.25, 0.3) is 0 Å². The first-order valence-corrected chi connectivity index (χ1v) is 9.11. The molecule has 0 bridgehead atoms. The Labute approximate surface area is 134 Å². The monoisotopic (exact) mass is 303 g/mol. The fraction of sp³-hybridized carbons (Fsp3) is 0.889. The molecular weight excluding hydrogens is 274 g/mol. The van der Waals surface area contributed by atoms with Crippen LogP contribution in [-0.2, 0) is 4.79 Å². The first-order valence-electron chi connectivity index (χ1n) is 9.11. The Bertz CT molecular complexity index is 453. The van der Waals surface area contributed by atoms with E-state index < -0.39 is 0 Å². The number of nitrogens with zero attached hydrogens (tertiary/aromatic N) is 2. The standard InChI is InChI=1S/C18H29N3O/c1-2-6-15-13-20-16(22)18(15)9-11-21(12-10-18)17(14-19)7-4-3-5-8-17/h15H,2-13H2,1H3,(H,20,22). The van der Waals surface area contributed by atoms with Crippen LogP contribution in [0.1, 0.15) is 64.7 Å². The molecule has 1 spiro atoms. The zero-order valence-corrected chi connectivity index (χ0v) is 13.9. The molecule has 0 aromatic heterocycles. The Kier molecular flexibility index (Phi) is 4.45. The SMILES string of the molecule is CCCC1CNC(=O)C12CCN(C1(C#N)CCCCC1)CC2. The highest BCUT2D eigenvalue weighted by atomic mass is 16.2. The van der Waals surface area contributed by atoms with Gasteiger partial charge in [-0.3, -0.25) is 9.69 Å². The molecule has 3 rings (SSSR count). The van der Waals surface area contributed by atoms with E-state index in [-0.39, 0.29) is 16.9 Å². The molecule has 4 nitrogen and oxygen atoms in total. The lowest BCUT2D eigenvalue weighted by Crippen LogP contribution is -2.56. The maximum absolute atomic E-state index is 12.5. The third-order valence-corrected chi connectivity index (χ3v) is 6.53. The number of carbonyl (C=O) groups is 1. The first kappa shape index (κ1) is 15.8. The summed E-state index contributed by atoms with van der Waals surface area (Å²) in [6.07, 6.45) is 9.81. The van der Waals surface area contributed by atoms with Gasteiger partial charge >= 0.3 is 0 Å². The largest absolute Gasteiger partial charge is 0.355 e. The summed E-state index contributed by atoms with van der Waals surface area (Å²) in [7, 11) is 0. The minimum absolute atomic E-state index is 0.141. The third-order valence-electron chi connectivity index (χ3n) is 6.53. The van der Waals surface area contributed by atoms with E-state index in [0.29, 0.717) is 5.92 Å². The van der Waals surface area contributed by atoms with Crippen LogP contribution in [0.25, 0.3) is 0 Å². The molecule has 2 heterocycles. The molecule has 122 valence electrons. The predicted molar refractivity (Wildman–Crippen MR) is 86.1 cm³/mol. The summed E-state index contributed by atoms with van der Waals surface area (Å²) in [6, 6.07) is 2.64. The number of hydrogen-bond donors (Lipinski definition) is 1. The third kappa shape index (κ3) is 2.44. The summed E-state index contributed by atoms with van der Waals surface area (Å²) in [5.74, 6) is 0.775. The molecule has 2 aliphatic heterocycles. The van der Waals surface area contributed by atoms with E-state index in [2.05, 4.69) is 23.2 Å². The van der Waals surface area contributed by atoms with Gasteiger partial charge in [-0.05, 0) is 38.0 Å². The number of carbonyl (C=O) groups excluding carboxylic acids is 1. The molecule has 0 aromatic carbocycles. The number of hydrogen-bond acceptors (Lipinski definition) is 3. The van der Waals surface area contributed by atoms with Crippen molar-refractivity contribution in [3.63, 3.8) is 0 Å². The molecule has 2 saturated heterocycles. The van der Waals surface area contributed by atoms with Gasteiger partial charge in [-0.15, -0.1) is 0 Å². The molecule has 0 radical (unpaired) electrons. The van der Waals surface area contributed by atoms with Crippen molar-refractivity contribution in [3.8, 4) is 6.07 Å². The van der Waals surface area contributed by atoms with Crippen molar-refractivity contribution in [3.05, 3.63) is 0 Å². The van der Waals surface area contributed by atoms with Crippen molar-refractivity contribution in [1.82, 2.24) is 10.2 Å². The van der Waals surface area contributed by atoms with E-state index in [1.165, 1.54) is 19.3 Å². The summed E-state index contributed by atoms with van der Waals surface area (Å²) >= 11 is 0. The maximum atomic E-state index is 12.5. The molecule has 1 amide bonds. The van der Waals surface area contributed by atoms with Gasteiger partial charge in [-0.2, -0.15) is 5.26 Å². The lowest BCUT2D eigenvalue weighted by molar-refractivity contribution is -0.133. The second kappa shape index (κ2) is 6.20. The smallest absolute Gasteiger partial charge is 0.226 e. The molecule has 22 heavy (non-hydrogen) atoms. The van der Waals surface area contributed by atoms with E-state index in [9.17, 15) is 10.1 Å². The van der Waals surface area contributed by atoms with Gasteiger partial charge in [0.15, 0.2) is 0 Å². The second-order valence-electron chi connectivity index (χ2n) is 7.54. The van der Waals surface area contributed by atoms with Gasteiger partial charge in [0.1, 0.15) is 5.54 Å². The molecule has 1 atom stereocenters. The van der Waals surface area contributed by atoms with Crippen LogP contribution in [0.2, 0.25) is 0 Å². The van der Waals surface area contributed by atoms with Crippen LogP contribution < -0.4 is 5.32 Å². The number of nitrogens with one attached hydrogen (secondary N) is 1. The minimum Gasteiger partial charge on any atom is -0.355 e. The molecule has 3 fully saturated rings. The summed E-state index contributed by atoms with van der Waals surface area (Å²) in [5, 5.41) is 12.9. The quantitative estimate of drug-likeness (QED) is 0.872. The Morgan fingerprint density at radius 3 is 2.50 bits per heavy atom. The van der Waals surface area contributed by atoms with Crippen LogP contribution in [0.5, 0.6) is 0 Å². The Morgan fingerprint density at radius 1 is 1.23 bits per heavy atom. The van der Waals surface area contributed by atoms with Gasteiger partial charge < -0.3 is 5.32 Å². The van der Waals surface area contributed by atoms with Crippen molar-refractivity contribution in [2.24, 2.45) is 11.3 Å². The highest BCUT2D eigenvalue weighted by Gasteiger charge is 2.53. The fourth-order valence-corrected chi connectivity index (χ4v) is 5.10. The average molecular weight is 303 g/mol. The number of piperidine rings is 1. The van der Waals surface area contributed by atoms with Crippen molar-refractivity contribution >= 4 is 5.91 Å². The summed E-state index contributed by atoms with van der Waals surface area (Å²) < 4.78 is 0. The average Bonchev–Trinajstić information content (AvgIpc) is 2.86. The zero-order valence-electron chi connectivity index (χ0n) is 13.9. The lowest BCUT2D eigenvalue weighted by atomic mass is 9.67. The molecular formula is C18H29N3O. The van der Waals surface area contributed by atoms with E-state index >= 15 is 0 Å². The second-order valence-corrected chi connectivity index (χ2v) is 7.54. The Balaban J connectivity index is 1.71. The number of likely N-dealkylation sites (tertiary alicyclic amines) is 1. The van der Waals surface area contributed by atoms with Gasteiger partial charge in [-0.25, -0.2) is 0 Å². The highest BCUT2D eigenvalue weighted by Crippen LogP contribution is 2.46. The van der Waals surface area contributed by atoms with Crippen LogP contribution in [0.4, 0.5) is 0 Å². The molecule has 3 aliphatic rings. The molecule has 1 unspecified atom stereocenters. The van der Waals surface area contributed by atoms with Crippen LogP contribution in [0, 0.1) is 22.7 Å². The van der Waals surface area contributed by atoms with Gasteiger partial charge in [-0.1, -0.05) is 32.6 Å². The van der Waals surface area contributed by atoms with E-state index in [1.54, 1.807) is 0 Å². The minimum atomic E-state index is -0.241. The van der Waals surface area contributed by atoms with Crippen molar-refractivity contribution < 1.29 is 4.79 Å². The number of nitriles is 1. The van der Waals surface area contributed by atoms with Crippen LogP contribution >= 0.6 is 0 Å². The number of rotatable bonds is 3. The number of amides is 1. The van der Waals surface area contributed by atoms with E-state index in [1.807, 2.05) is 0 Å². The fourth-order valence-electron chi connectivity index (χ4n) is 5.10. The Morgan fingerprint density at radius 2 is 1.91 bits per heavy atom. The zero-order chi connectivity index (χ0) is 15.6. The molecule has 1 aliphatic carbocycles. The normalized spacial score (nSPS) is 30.9. The van der Waals surface area contributed by atoms with Crippen LogP contribution in [-0.4, -0.2) is 36.0 Å². The van der Waals surface area contributed by atoms with E-state index in [0.717, 1.165) is 58.2 Å². The van der Waals surface area contributed by atoms with E-state index in [4.69, 9.17) is 0 Å². The topological polar surface area (TPSA) is 56.1 Å². The Hall–Kier alpha value is -1.08. The van der Waals surface area contributed by atoms with Gasteiger partial charge in [0.2, 0.25) is 5.91 Å². The van der Waals surface area contributed by atoms with Crippen LogP contribution in [0.15, 0.2) is 0 Å². The highest BCUT2D eigenvalue weighted by molar-refractivity contribution is 5.85. The summed E-state index contributed by atoms with van der Waals surface area (Å²) in [5.41, 5.74) is -0.382. The first-order chi connectivity index (χ1) is 10.7. The molecule has 1 saturated carbocycles. The molecule has 4 heteroatoms. The van der Waals surface area contributed by atoms with Gasteiger partial charge in [0.05, 0.1) is 11.5 Å². The van der Waals surface area contributed by atoms with Gasteiger partial charge in [0, 0.05) is 19.6 Å². The molecule has 1 N–H and O–H groups in total.